The molecular formula is C6H5NO5S2Zn+2. The maximum Gasteiger partial charge on any atom is 2.00 e. The maximum atomic E-state index is 10.6. The van der Waals surface area contributed by atoms with Gasteiger partial charge in [0.1, 0.15) is 4.90 Å². The zero-order chi connectivity index (χ0) is 10.9. The molecule has 0 unspecified atom stereocenters. The second kappa shape index (κ2) is 5.02. The molecule has 0 spiro atoms. The van der Waals surface area contributed by atoms with Gasteiger partial charge in [-0.15, -0.1) is 12.6 Å². The molecule has 15 heavy (non-hydrogen) atoms. The summed E-state index contributed by atoms with van der Waals surface area (Å²) in [5, 5.41) is 10.4. The number of rotatable bonds is 2. The van der Waals surface area contributed by atoms with Gasteiger partial charge < -0.3 is 0 Å². The molecule has 0 aromatic heterocycles. The summed E-state index contributed by atoms with van der Waals surface area (Å²) < 4.78 is 29.9. The van der Waals surface area contributed by atoms with Crippen LogP contribution in [-0.4, -0.2) is 17.9 Å². The summed E-state index contributed by atoms with van der Waals surface area (Å²) >= 11 is 3.76. The monoisotopic (exact) mass is 299 g/mol. The number of hydrogen-bond donors (Lipinski definition) is 2. The second-order valence-corrected chi connectivity index (χ2v) is 4.29. The predicted molar refractivity (Wildman–Crippen MR) is 50.2 cm³/mol. The van der Waals surface area contributed by atoms with Gasteiger partial charge in [0.2, 0.25) is 0 Å². The van der Waals surface area contributed by atoms with Crippen LogP contribution in [0.3, 0.4) is 0 Å². The van der Waals surface area contributed by atoms with E-state index in [2.05, 4.69) is 12.6 Å². The normalized spacial score (nSPS) is 10.5. The van der Waals surface area contributed by atoms with Crippen LogP contribution in [0.2, 0.25) is 0 Å². The van der Waals surface area contributed by atoms with Crippen LogP contribution in [0.25, 0.3) is 0 Å². The van der Waals surface area contributed by atoms with Gasteiger partial charge in [-0.2, -0.15) is 8.42 Å². The van der Waals surface area contributed by atoms with Crippen LogP contribution in [-0.2, 0) is 29.6 Å². The van der Waals surface area contributed by atoms with Crippen molar-refractivity contribution in [3.05, 3.63) is 28.3 Å². The van der Waals surface area contributed by atoms with E-state index >= 15 is 0 Å². The fourth-order valence-electron chi connectivity index (χ4n) is 0.810. The van der Waals surface area contributed by atoms with Gasteiger partial charge in [-0.05, 0) is 12.1 Å². The molecule has 0 aliphatic carbocycles. The van der Waals surface area contributed by atoms with Crippen molar-refractivity contribution in [2.75, 3.05) is 0 Å². The summed E-state index contributed by atoms with van der Waals surface area (Å²) in [7, 11) is -4.41. The fourth-order valence-corrected chi connectivity index (χ4v) is 1.53. The van der Waals surface area contributed by atoms with Crippen molar-refractivity contribution in [2.24, 2.45) is 0 Å². The van der Waals surface area contributed by atoms with Crippen molar-refractivity contribution in [2.45, 2.75) is 9.79 Å². The molecule has 0 aliphatic heterocycles. The van der Waals surface area contributed by atoms with Crippen molar-refractivity contribution in [1.82, 2.24) is 0 Å². The van der Waals surface area contributed by atoms with Crippen molar-refractivity contribution in [1.29, 1.82) is 0 Å². The molecule has 0 radical (unpaired) electrons. The molecule has 6 nitrogen and oxygen atoms in total. The average Bonchev–Trinajstić information content (AvgIpc) is 2.02. The van der Waals surface area contributed by atoms with Crippen molar-refractivity contribution >= 4 is 28.4 Å². The van der Waals surface area contributed by atoms with Crippen LogP contribution in [0.5, 0.6) is 0 Å². The first-order chi connectivity index (χ1) is 6.32. The fraction of sp³-hybridized carbons (Fsp3) is 0. The van der Waals surface area contributed by atoms with Crippen LogP contribution in [0.1, 0.15) is 0 Å². The molecule has 9 heteroatoms. The van der Waals surface area contributed by atoms with Crippen LogP contribution >= 0.6 is 12.6 Å². The molecule has 0 atom stereocenters. The third-order valence-corrected chi connectivity index (χ3v) is 2.67. The molecule has 0 heterocycles. The molecule has 0 bridgehead atoms. The number of nitro benzene ring substituents is 1. The number of thiol groups is 1. The number of nitro groups is 1. The number of hydrogen-bond acceptors (Lipinski definition) is 5. The topological polar surface area (TPSA) is 97.5 Å². The molecule has 1 N–H and O–H groups in total. The van der Waals surface area contributed by atoms with Crippen LogP contribution in [0.4, 0.5) is 5.69 Å². The summed E-state index contributed by atoms with van der Waals surface area (Å²) in [5.41, 5.74) is -0.469. The first-order valence-corrected chi connectivity index (χ1v) is 5.16. The Bertz CT molecular complexity index is 486. The van der Waals surface area contributed by atoms with Gasteiger partial charge in [-0.3, -0.25) is 14.7 Å². The first kappa shape index (κ1) is 14.5. The van der Waals surface area contributed by atoms with Gasteiger partial charge in [-0.25, -0.2) is 0 Å². The summed E-state index contributed by atoms with van der Waals surface area (Å²) in [6.07, 6.45) is 0. The summed E-state index contributed by atoms with van der Waals surface area (Å²) in [5.74, 6) is 0. The Morgan fingerprint density at radius 3 is 2.33 bits per heavy atom. The largest absolute Gasteiger partial charge is 2.00 e. The number of nitrogens with zero attached hydrogens (tertiary/aromatic N) is 1. The van der Waals surface area contributed by atoms with E-state index in [0.717, 1.165) is 18.2 Å². The summed E-state index contributed by atoms with van der Waals surface area (Å²) in [6.45, 7) is 0. The van der Waals surface area contributed by atoms with Crippen molar-refractivity contribution in [3.8, 4) is 0 Å². The van der Waals surface area contributed by atoms with E-state index in [4.69, 9.17) is 4.55 Å². The Morgan fingerprint density at radius 1 is 1.40 bits per heavy atom. The van der Waals surface area contributed by atoms with E-state index in [1.165, 1.54) is 0 Å². The van der Waals surface area contributed by atoms with E-state index in [0.29, 0.717) is 0 Å². The molecular weight excluding hydrogens is 296 g/mol. The first-order valence-electron chi connectivity index (χ1n) is 3.27. The molecule has 1 aromatic carbocycles. The molecule has 0 aliphatic rings. The van der Waals surface area contributed by atoms with Gasteiger partial charge in [0, 0.05) is 6.07 Å². The molecule has 1 aromatic rings. The molecule has 76 valence electrons. The zero-order valence-corrected chi connectivity index (χ0v) is 12.0. The Balaban J connectivity index is 0.00000196. The third-order valence-electron chi connectivity index (χ3n) is 1.44. The molecule has 0 amide bonds. The minimum absolute atomic E-state index is 0. The Kier molecular flexibility index (Phi) is 4.86. The molecule has 0 fully saturated rings. The van der Waals surface area contributed by atoms with Crippen LogP contribution in [0.15, 0.2) is 28.0 Å². The van der Waals surface area contributed by atoms with E-state index < -0.39 is 25.6 Å². The minimum Gasteiger partial charge on any atom is -0.282 e. The summed E-state index contributed by atoms with van der Waals surface area (Å²) in [4.78, 5) is 9.10. The number of benzene rings is 1. The second-order valence-electron chi connectivity index (χ2n) is 2.38. The maximum absolute atomic E-state index is 10.6. The van der Waals surface area contributed by atoms with E-state index in [9.17, 15) is 18.5 Å². The predicted octanol–water partition coefficient (Wildman–Crippen LogP) is 1.13. The minimum atomic E-state index is -4.41. The van der Waals surface area contributed by atoms with Gasteiger partial charge in [-0.1, -0.05) is 0 Å². The summed E-state index contributed by atoms with van der Waals surface area (Å²) in [6, 6.07) is 2.91. The molecule has 1 rings (SSSR count). The smallest absolute Gasteiger partial charge is 0.282 e. The van der Waals surface area contributed by atoms with Gasteiger partial charge in [0.15, 0.2) is 0 Å². The van der Waals surface area contributed by atoms with Crippen molar-refractivity contribution in [3.63, 3.8) is 0 Å². The van der Waals surface area contributed by atoms with E-state index in [-0.39, 0.29) is 24.4 Å². The Hall–Kier alpha value is -0.497. The van der Waals surface area contributed by atoms with Gasteiger partial charge >= 0.3 is 19.5 Å². The average molecular weight is 301 g/mol. The van der Waals surface area contributed by atoms with Crippen LogP contribution < -0.4 is 0 Å². The van der Waals surface area contributed by atoms with E-state index in [1.807, 2.05) is 0 Å². The molecule has 0 saturated heterocycles. The standard InChI is InChI=1S/C6H5NO5S2.Zn/c8-7(9)5-3-4(14(10,11)12)1-2-6(5)13;/h1-3,13H,(H,10,11,12);/q;+2. The molecule has 0 saturated carbocycles. The van der Waals surface area contributed by atoms with Crippen molar-refractivity contribution < 1.29 is 37.4 Å². The zero-order valence-electron chi connectivity index (χ0n) is 7.32. The van der Waals surface area contributed by atoms with Crippen LogP contribution in [0, 0.1) is 10.1 Å². The Morgan fingerprint density at radius 2 is 1.93 bits per heavy atom. The van der Waals surface area contributed by atoms with E-state index in [1.54, 1.807) is 0 Å². The quantitative estimate of drug-likeness (QED) is 0.280. The Labute approximate surface area is 104 Å². The van der Waals surface area contributed by atoms with Gasteiger partial charge in [0.25, 0.3) is 15.8 Å². The van der Waals surface area contributed by atoms with Gasteiger partial charge in [0.05, 0.1) is 9.82 Å². The SMILES string of the molecule is O=[N+]([O-])c1cc(S(=O)(=O)O)ccc1S.[Zn+2]. The third kappa shape index (κ3) is 3.53.